The van der Waals surface area contributed by atoms with Crippen molar-refractivity contribution < 1.29 is 5.11 Å². The molecule has 0 spiro atoms. The molecule has 0 heterocycles. The highest BCUT2D eigenvalue weighted by Gasteiger charge is 2.25. The van der Waals surface area contributed by atoms with Crippen LogP contribution in [0.25, 0.3) is 0 Å². The van der Waals surface area contributed by atoms with E-state index in [9.17, 15) is 5.11 Å². The Kier molecular flexibility index (Phi) is 5.94. The van der Waals surface area contributed by atoms with E-state index in [4.69, 9.17) is 0 Å². The SMILES string of the molecule is CCCC(C)(O)CNC1CCC(C(C)C)CC1. The summed E-state index contributed by atoms with van der Waals surface area (Å²) in [4.78, 5) is 0. The van der Waals surface area contributed by atoms with Crippen LogP contribution in [-0.2, 0) is 0 Å². The maximum atomic E-state index is 10.1. The summed E-state index contributed by atoms with van der Waals surface area (Å²) in [6.07, 6.45) is 7.21. The summed E-state index contributed by atoms with van der Waals surface area (Å²) in [6, 6.07) is 0.633. The van der Waals surface area contributed by atoms with Gasteiger partial charge in [-0.3, -0.25) is 0 Å². The fraction of sp³-hybridized carbons (Fsp3) is 1.00. The molecule has 0 saturated heterocycles. The van der Waals surface area contributed by atoms with Crippen molar-refractivity contribution in [2.75, 3.05) is 6.54 Å². The van der Waals surface area contributed by atoms with Gasteiger partial charge in [0, 0.05) is 12.6 Å². The molecule has 2 N–H and O–H groups in total. The molecule has 0 amide bonds. The average Bonchev–Trinajstić information content (AvgIpc) is 2.27. The highest BCUT2D eigenvalue weighted by atomic mass is 16.3. The first-order chi connectivity index (χ1) is 7.94. The molecule has 0 bridgehead atoms. The Bertz CT molecular complexity index is 205. The van der Waals surface area contributed by atoms with Crippen molar-refractivity contribution in [3.8, 4) is 0 Å². The monoisotopic (exact) mass is 241 g/mol. The molecule has 1 saturated carbocycles. The summed E-state index contributed by atoms with van der Waals surface area (Å²) >= 11 is 0. The molecule has 17 heavy (non-hydrogen) atoms. The minimum Gasteiger partial charge on any atom is -0.389 e. The van der Waals surface area contributed by atoms with E-state index in [2.05, 4.69) is 26.1 Å². The van der Waals surface area contributed by atoms with Gasteiger partial charge in [0.25, 0.3) is 0 Å². The van der Waals surface area contributed by atoms with Crippen LogP contribution in [0.2, 0.25) is 0 Å². The van der Waals surface area contributed by atoms with Gasteiger partial charge in [-0.2, -0.15) is 0 Å². The van der Waals surface area contributed by atoms with Crippen molar-refractivity contribution in [3.05, 3.63) is 0 Å². The number of hydrogen-bond acceptors (Lipinski definition) is 2. The quantitative estimate of drug-likeness (QED) is 0.747. The van der Waals surface area contributed by atoms with Crippen molar-refractivity contribution in [2.24, 2.45) is 11.8 Å². The Balaban J connectivity index is 2.22. The van der Waals surface area contributed by atoms with E-state index in [0.29, 0.717) is 6.04 Å². The number of hydrogen-bond donors (Lipinski definition) is 2. The first-order valence-corrected chi connectivity index (χ1v) is 7.40. The predicted molar refractivity (Wildman–Crippen MR) is 74.1 cm³/mol. The summed E-state index contributed by atoms with van der Waals surface area (Å²) < 4.78 is 0. The van der Waals surface area contributed by atoms with Gasteiger partial charge in [-0.25, -0.2) is 0 Å². The van der Waals surface area contributed by atoms with Crippen molar-refractivity contribution >= 4 is 0 Å². The highest BCUT2D eigenvalue weighted by molar-refractivity contribution is 4.82. The summed E-state index contributed by atoms with van der Waals surface area (Å²) in [5, 5.41) is 13.7. The third kappa shape index (κ3) is 5.39. The van der Waals surface area contributed by atoms with Crippen LogP contribution < -0.4 is 5.32 Å². The van der Waals surface area contributed by atoms with Crippen molar-refractivity contribution in [1.29, 1.82) is 0 Å². The van der Waals surface area contributed by atoms with E-state index in [1.54, 1.807) is 0 Å². The van der Waals surface area contributed by atoms with Crippen molar-refractivity contribution in [3.63, 3.8) is 0 Å². The fourth-order valence-corrected chi connectivity index (χ4v) is 2.98. The Morgan fingerprint density at radius 3 is 2.29 bits per heavy atom. The van der Waals surface area contributed by atoms with Crippen LogP contribution in [0.5, 0.6) is 0 Å². The summed E-state index contributed by atoms with van der Waals surface area (Å²) in [7, 11) is 0. The number of aliphatic hydroxyl groups is 1. The topological polar surface area (TPSA) is 32.3 Å². The lowest BCUT2D eigenvalue weighted by atomic mass is 9.79. The molecular formula is C15H31NO. The van der Waals surface area contributed by atoms with E-state index in [0.717, 1.165) is 31.2 Å². The molecule has 102 valence electrons. The van der Waals surface area contributed by atoms with Gasteiger partial charge in [-0.15, -0.1) is 0 Å². The molecule has 0 aromatic heterocycles. The zero-order chi connectivity index (χ0) is 12.9. The fourth-order valence-electron chi connectivity index (χ4n) is 2.98. The van der Waals surface area contributed by atoms with Crippen LogP contribution in [0, 0.1) is 11.8 Å². The van der Waals surface area contributed by atoms with Crippen LogP contribution in [0.3, 0.4) is 0 Å². The third-order valence-corrected chi connectivity index (χ3v) is 4.27. The summed E-state index contributed by atoms with van der Waals surface area (Å²) in [6.45, 7) is 9.50. The molecule has 0 aromatic carbocycles. The van der Waals surface area contributed by atoms with Gasteiger partial charge in [-0.05, 0) is 50.9 Å². The minimum atomic E-state index is -0.524. The molecule has 1 unspecified atom stereocenters. The first kappa shape index (κ1) is 15.0. The van der Waals surface area contributed by atoms with Crippen LogP contribution in [-0.4, -0.2) is 23.3 Å². The van der Waals surface area contributed by atoms with Crippen LogP contribution >= 0.6 is 0 Å². The molecule has 1 aliphatic rings. The van der Waals surface area contributed by atoms with Gasteiger partial charge in [-0.1, -0.05) is 27.2 Å². The molecule has 1 fully saturated rings. The molecule has 1 rings (SSSR count). The van der Waals surface area contributed by atoms with E-state index < -0.39 is 5.60 Å². The lowest BCUT2D eigenvalue weighted by molar-refractivity contribution is 0.0445. The van der Waals surface area contributed by atoms with Gasteiger partial charge in [0.15, 0.2) is 0 Å². The molecule has 1 aliphatic carbocycles. The van der Waals surface area contributed by atoms with E-state index >= 15 is 0 Å². The van der Waals surface area contributed by atoms with E-state index in [1.807, 2.05) is 6.92 Å². The minimum absolute atomic E-state index is 0.524. The number of nitrogens with one attached hydrogen (secondary N) is 1. The highest BCUT2D eigenvalue weighted by Crippen LogP contribution is 2.30. The Morgan fingerprint density at radius 1 is 1.24 bits per heavy atom. The Hall–Kier alpha value is -0.0800. The second-order valence-corrected chi connectivity index (χ2v) is 6.48. The van der Waals surface area contributed by atoms with E-state index in [-0.39, 0.29) is 0 Å². The van der Waals surface area contributed by atoms with Gasteiger partial charge in [0.1, 0.15) is 0 Å². The normalized spacial score (nSPS) is 29.3. The van der Waals surface area contributed by atoms with Crippen LogP contribution in [0.15, 0.2) is 0 Å². The van der Waals surface area contributed by atoms with Gasteiger partial charge in [0.05, 0.1) is 5.60 Å². The standard InChI is InChI=1S/C15H31NO/c1-5-10-15(4,17)11-16-14-8-6-13(7-9-14)12(2)3/h12-14,16-17H,5-11H2,1-4H3. The molecular weight excluding hydrogens is 210 g/mol. The zero-order valence-corrected chi connectivity index (χ0v) is 12.1. The molecule has 1 atom stereocenters. The van der Waals surface area contributed by atoms with Gasteiger partial charge >= 0.3 is 0 Å². The summed E-state index contributed by atoms with van der Waals surface area (Å²) in [5.41, 5.74) is -0.524. The smallest absolute Gasteiger partial charge is 0.0743 e. The van der Waals surface area contributed by atoms with Gasteiger partial charge < -0.3 is 10.4 Å². The molecule has 0 radical (unpaired) electrons. The second-order valence-electron chi connectivity index (χ2n) is 6.48. The number of rotatable bonds is 6. The lowest BCUT2D eigenvalue weighted by Crippen LogP contribution is -2.44. The van der Waals surface area contributed by atoms with Crippen LogP contribution in [0.4, 0.5) is 0 Å². The zero-order valence-electron chi connectivity index (χ0n) is 12.1. The Morgan fingerprint density at radius 2 is 1.82 bits per heavy atom. The summed E-state index contributed by atoms with van der Waals surface area (Å²) in [5.74, 6) is 1.75. The molecule has 2 nitrogen and oxygen atoms in total. The average molecular weight is 241 g/mol. The lowest BCUT2D eigenvalue weighted by Gasteiger charge is -2.33. The van der Waals surface area contributed by atoms with Gasteiger partial charge in [0.2, 0.25) is 0 Å². The molecule has 2 heteroatoms. The third-order valence-electron chi connectivity index (χ3n) is 4.27. The maximum Gasteiger partial charge on any atom is 0.0743 e. The molecule has 0 aromatic rings. The second kappa shape index (κ2) is 6.75. The predicted octanol–water partition coefficient (Wildman–Crippen LogP) is 3.34. The van der Waals surface area contributed by atoms with Crippen molar-refractivity contribution in [1.82, 2.24) is 5.32 Å². The molecule has 0 aliphatic heterocycles. The van der Waals surface area contributed by atoms with Crippen molar-refractivity contribution in [2.45, 2.75) is 77.9 Å². The largest absolute Gasteiger partial charge is 0.389 e. The van der Waals surface area contributed by atoms with Crippen LogP contribution in [0.1, 0.15) is 66.2 Å². The maximum absolute atomic E-state index is 10.1. The first-order valence-electron chi connectivity index (χ1n) is 7.40. The Labute approximate surface area is 107 Å². The van der Waals surface area contributed by atoms with E-state index in [1.165, 1.54) is 25.7 Å².